The first kappa shape index (κ1) is 26.6. The maximum absolute atomic E-state index is 12.7. The quantitative estimate of drug-likeness (QED) is 0.258. The molecule has 0 aliphatic carbocycles. The van der Waals surface area contributed by atoms with Gasteiger partial charge in [-0.2, -0.15) is 8.42 Å². The van der Waals surface area contributed by atoms with Crippen molar-refractivity contribution < 1.29 is 36.5 Å². The number of carbonyl (C=O) groups is 3. The average molecular weight is 540 g/mol. The van der Waals surface area contributed by atoms with Gasteiger partial charge in [-0.1, -0.05) is 17.7 Å². The van der Waals surface area contributed by atoms with E-state index in [9.17, 15) is 22.8 Å². The largest absolute Gasteiger partial charge is 0.490 e. The van der Waals surface area contributed by atoms with Crippen LogP contribution in [-0.2, 0) is 24.4 Å². The smallest absolute Gasteiger partial charge is 0.339 e. The van der Waals surface area contributed by atoms with E-state index in [0.717, 1.165) is 4.90 Å². The molecule has 2 amide bonds. The van der Waals surface area contributed by atoms with Crippen molar-refractivity contribution in [2.45, 2.75) is 31.8 Å². The molecule has 3 rings (SSSR count). The predicted octanol–water partition coefficient (Wildman–Crippen LogP) is 4.49. The molecule has 2 aromatic rings. The molecule has 0 atom stereocenters. The van der Waals surface area contributed by atoms with Gasteiger partial charge >= 0.3 is 16.1 Å². The molecule has 9 nitrogen and oxygen atoms in total. The third-order valence-corrected chi connectivity index (χ3v) is 6.80. The Balaban J connectivity index is 1.83. The normalized spacial score (nSPS) is 15.1. The van der Waals surface area contributed by atoms with E-state index in [1.807, 2.05) is 0 Å². The van der Waals surface area contributed by atoms with Crippen LogP contribution >= 0.6 is 23.4 Å². The van der Waals surface area contributed by atoms with Gasteiger partial charge < -0.3 is 13.7 Å². The molecule has 35 heavy (non-hydrogen) atoms. The highest BCUT2D eigenvalue weighted by molar-refractivity contribution is 8.18. The lowest BCUT2D eigenvalue weighted by Crippen LogP contribution is -2.35. The summed E-state index contributed by atoms with van der Waals surface area (Å²) < 4.78 is 41.1. The van der Waals surface area contributed by atoms with Crippen LogP contribution in [0.5, 0.6) is 11.5 Å². The number of amides is 2. The molecule has 12 heteroatoms. The van der Waals surface area contributed by atoms with Crippen molar-refractivity contribution in [1.29, 1.82) is 0 Å². The van der Waals surface area contributed by atoms with E-state index in [1.54, 1.807) is 20.8 Å². The minimum atomic E-state index is -4.16. The van der Waals surface area contributed by atoms with Crippen molar-refractivity contribution in [3.63, 3.8) is 0 Å². The number of hydrogen-bond donors (Lipinski definition) is 0. The molecule has 0 N–H and O–H groups in total. The van der Waals surface area contributed by atoms with Crippen LogP contribution < -0.4 is 8.92 Å². The van der Waals surface area contributed by atoms with E-state index in [1.165, 1.54) is 48.5 Å². The Kier molecular flexibility index (Phi) is 8.47. The Morgan fingerprint density at radius 1 is 1.11 bits per heavy atom. The summed E-state index contributed by atoms with van der Waals surface area (Å²) in [6.45, 7) is 4.77. The van der Waals surface area contributed by atoms with Gasteiger partial charge in [0.15, 0.2) is 11.5 Å². The van der Waals surface area contributed by atoms with Gasteiger partial charge in [-0.15, -0.1) is 0 Å². The van der Waals surface area contributed by atoms with Gasteiger partial charge in [0.05, 0.1) is 17.6 Å². The van der Waals surface area contributed by atoms with Crippen LogP contribution in [0.15, 0.2) is 52.3 Å². The van der Waals surface area contributed by atoms with Gasteiger partial charge in [0, 0.05) is 5.02 Å². The van der Waals surface area contributed by atoms with Gasteiger partial charge in [-0.3, -0.25) is 19.3 Å². The Morgan fingerprint density at radius 2 is 1.80 bits per heavy atom. The van der Waals surface area contributed by atoms with Crippen molar-refractivity contribution in [2.75, 3.05) is 13.2 Å². The fourth-order valence-corrected chi connectivity index (χ4v) is 4.84. The summed E-state index contributed by atoms with van der Waals surface area (Å²) in [7, 11) is -4.16. The number of ether oxygens (including phenoxy) is 2. The third kappa shape index (κ3) is 6.77. The molecular weight excluding hydrogens is 518 g/mol. The van der Waals surface area contributed by atoms with Crippen LogP contribution in [0, 0.1) is 0 Å². The average Bonchev–Trinajstić information content (AvgIpc) is 3.02. The minimum absolute atomic E-state index is 0.0523. The Labute approximate surface area is 212 Å². The molecule has 186 valence electrons. The molecule has 1 aliphatic rings. The molecule has 0 unspecified atom stereocenters. The lowest BCUT2D eigenvalue weighted by molar-refractivity contribution is -0.149. The molecule has 0 saturated carbocycles. The van der Waals surface area contributed by atoms with E-state index < -0.39 is 33.8 Å². The molecule has 1 fully saturated rings. The van der Waals surface area contributed by atoms with Crippen molar-refractivity contribution in [1.82, 2.24) is 4.90 Å². The molecule has 0 bridgehead atoms. The molecule has 0 spiro atoms. The fraction of sp³-hybridized carbons (Fsp3) is 0.261. The first-order valence-corrected chi connectivity index (χ1v) is 13.0. The predicted molar refractivity (Wildman–Crippen MR) is 131 cm³/mol. The Hall–Kier alpha value is -3.02. The highest BCUT2D eigenvalue weighted by atomic mass is 35.5. The summed E-state index contributed by atoms with van der Waals surface area (Å²) >= 11 is 6.50. The van der Waals surface area contributed by atoms with E-state index in [4.69, 9.17) is 25.3 Å². The van der Waals surface area contributed by atoms with Crippen LogP contribution in [0.1, 0.15) is 26.3 Å². The minimum Gasteiger partial charge on any atom is -0.490 e. The summed E-state index contributed by atoms with van der Waals surface area (Å²) in [5, 5.41) is -0.217. The number of carbonyl (C=O) groups excluding carboxylic acids is 3. The number of benzene rings is 2. The summed E-state index contributed by atoms with van der Waals surface area (Å²) in [4.78, 5) is 37.6. The monoisotopic (exact) mass is 539 g/mol. The van der Waals surface area contributed by atoms with Crippen LogP contribution in [-0.4, -0.2) is 49.7 Å². The van der Waals surface area contributed by atoms with Crippen LogP contribution in [0.3, 0.4) is 0 Å². The maximum Gasteiger partial charge on any atom is 0.339 e. The summed E-state index contributed by atoms with van der Waals surface area (Å²) in [6, 6.07) is 9.88. The van der Waals surface area contributed by atoms with Crippen molar-refractivity contribution in [3.8, 4) is 11.5 Å². The van der Waals surface area contributed by atoms with Gasteiger partial charge in [0.1, 0.15) is 11.4 Å². The van der Waals surface area contributed by atoms with Gasteiger partial charge in [-0.25, -0.2) is 0 Å². The Morgan fingerprint density at radius 3 is 2.43 bits per heavy atom. The second-order valence-electron chi connectivity index (χ2n) is 7.44. The van der Waals surface area contributed by atoms with E-state index >= 15 is 0 Å². The maximum atomic E-state index is 12.7. The number of nitrogens with zero attached hydrogens (tertiary/aromatic N) is 1. The second-order valence-corrected chi connectivity index (χ2v) is 10.4. The lowest BCUT2D eigenvalue weighted by Gasteiger charge is -2.13. The summed E-state index contributed by atoms with van der Waals surface area (Å²) in [6.07, 6.45) is 1.07. The first-order valence-electron chi connectivity index (χ1n) is 10.4. The lowest BCUT2D eigenvalue weighted by atomic mass is 10.2. The zero-order valence-corrected chi connectivity index (χ0v) is 21.4. The molecule has 1 saturated heterocycles. The van der Waals surface area contributed by atoms with E-state index in [0.29, 0.717) is 22.3 Å². The van der Waals surface area contributed by atoms with Crippen LogP contribution in [0.4, 0.5) is 4.79 Å². The third-order valence-electron chi connectivity index (χ3n) is 4.40. The van der Waals surface area contributed by atoms with Crippen molar-refractivity contribution >= 4 is 56.7 Å². The zero-order valence-electron chi connectivity index (χ0n) is 19.0. The molecule has 2 aromatic carbocycles. The molecule has 0 radical (unpaired) electrons. The van der Waals surface area contributed by atoms with Crippen LogP contribution in [0.25, 0.3) is 6.08 Å². The number of hydrogen-bond acceptors (Lipinski definition) is 9. The zero-order chi connectivity index (χ0) is 25.8. The number of rotatable bonds is 9. The summed E-state index contributed by atoms with van der Waals surface area (Å²) in [5.41, 5.74) is 0.458. The number of thioether (sulfide) groups is 1. The van der Waals surface area contributed by atoms with Crippen LogP contribution in [0.2, 0.25) is 5.02 Å². The van der Waals surface area contributed by atoms with E-state index in [-0.39, 0.29) is 34.0 Å². The molecule has 1 heterocycles. The van der Waals surface area contributed by atoms with Crippen molar-refractivity contribution in [2.24, 2.45) is 0 Å². The fourth-order valence-electron chi connectivity index (χ4n) is 2.94. The van der Waals surface area contributed by atoms with Gasteiger partial charge in [0.2, 0.25) is 0 Å². The number of esters is 1. The van der Waals surface area contributed by atoms with E-state index in [2.05, 4.69) is 0 Å². The molecule has 0 aromatic heterocycles. The standard InChI is InChI=1S/C23H22ClNO8S2/c1-4-31-19-11-15(5-10-18(19)33-35(29,30)17-8-6-16(24)7-9-17)12-20-22(27)25(23(28)34-20)13-21(26)32-14(2)3/h5-12,14H,4,13H2,1-3H3/b20-12-. The highest BCUT2D eigenvalue weighted by Crippen LogP contribution is 2.35. The highest BCUT2D eigenvalue weighted by Gasteiger charge is 2.36. The molecular formula is C23H22ClNO8S2. The van der Waals surface area contributed by atoms with Crippen molar-refractivity contribution in [3.05, 3.63) is 58.0 Å². The first-order chi connectivity index (χ1) is 16.5. The summed E-state index contributed by atoms with van der Waals surface area (Å²) in [5.74, 6) is -1.25. The van der Waals surface area contributed by atoms with Gasteiger partial charge in [-0.05, 0) is 80.6 Å². The second kappa shape index (κ2) is 11.1. The SMILES string of the molecule is CCOc1cc(/C=C2\SC(=O)N(CC(=O)OC(C)C)C2=O)ccc1OS(=O)(=O)c1ccc(Cl)cc1. The number of imide groups is 1. The molecule has 1 aliphatic heterocycles. The Bertz CT molecular complexity index is 1270. The topological polar surface area (TPSA) is 116 Å². The van der Waals surface area contributed by atoms with Gasteiger partial charge in [0.25, 0.3) is 11.1 Å². The number of halogens is 1.